The second-order valence-corrected chi connectivity index (χ2v) is 5.84. The van der Waals surface area contributed by atoms with Crippen molar-refractivity contribution in [3.8, 4) is 0 Å². The second-order valence-electron chi connectivity index (χ2n) is 5.84. The second kappa shape index (κ2) is 5.93. The van der Waals surface area contributed by atoms with E-state index < -0.39 is 0 Å². The molecule has 1 aliphatic heterocycles. The average Bonchev–Trinajstić information content (AvgIpc) is 2.99. The first-order valence-corrected chi connectivity index (χ1v) is 7.40. The summed E-state index contributed by atoms with van der Waals surface area (Å²) in [6.45, 7) is 1.59. The van der Waals surface area contributed by atoms with Gasteiger partial charge in [-0.05, 0) is 31.6 Å². The molecule has 1 aliphatic carbocycles. The van der Waals surface area contributed by atoms with Gasteiger partial charge < -0.3 is 15.8 Å². The first-order chi connectivity index (χ1) is 9.70. The molecule has 1 aromatic heterocycles. The molecule has 110 valence electrons. The van der Waals surface area contributed by atoms with Crippen LogP contribution >= 0.6 is 0 Å². The summed E-state index contributed by atoms with van der Waals surface area (Å²) in [6.07, 6.45) is 8.69. The third kappa shape index (κ3) is 3.58. The third-order valence-electron chi connectivity index (χ3n) is 3.98. The quantitative estimate of drug-likeness (QED) is 0.817. The van der Waals surface area contributed by atoms with Crippen LogP contribution < -0.4 is 11.1 Å². The molecule has 3 rings (SSSR count). The van der Waals surface area contributed by atoms with Crippen molar-refractivity contribution in [3.05, 3.63) is 12.4 Å². The molecule has 0 spiro atoms. The Kier molecular flexibility index (Phi) is 4.03. The number of carbonyl (C=O) groups excluding carboxylic acids is 1. The van der Waals surface area contributed by atoms with E-state index in [1.165, 1.54) is 0 Å². The zero-order valence-electron chi connectivity index (χ0n) is 11.6. The molecule has 2 atom stereocenters. The Hall–Kier alpha value is -1.40. The highest BCUT2D eigenvalue weighted by Crippen LogP contribution is 2.32. The third-order valence-corrected chi connectivity index (χ3v) is 3.98. The molecule has 6 heteroatoms. The Morgan fingerprint density at radius 3 is 3.10 bits per heavy atom. The molecule has 2 aliphatic rings. The standard InChI is InChI=1S/C14H22N4O2/c15-13(10-3-4-10)6-14(19)17-11-7-16-18(8-11)9-12-2-1-5-20-12/h7-8,10,12-13H,1-6,9,15H2,(H,17,19). The number of amides is 1. The Labute approximate surface area is 118 Å². The van der Waals surface area contributed by atoms with Gasteiger partial charge >= 0.3 is 0 Å². The molecule has 0 aromatic carbocycles. The van der Waals surface area contributed by atoms with Crippen LogP contribution in [0.25, 0.3) is 0 Å². The van der Waals surface area contributed by atoms with E-state index in [2.05, 4.69) is 10.4 Å². The fraction of sp³-hybridized carbons (Fsp3) is 0.714. The van der Waals surface area contributed by atoms with Gasteiger partial charge in [0.15, 0.2) is 0 Å². The monoisotopic (exact) mass is 278 g/mol. The van der Waals surface area contributed by atoms with Gasteiger partial charge in [0, 0.05) is 25.3 Å². The molecule has 2 fully saturated rings. The highest BCUT2D eigenvalue weighted by atomic mass is 16.5. The van der Waals surface area contributed by atoms with Crippen molar-refractivity contribution in [1.82, 2.24) is 9.78 Å². The molecule has 1 amide bonds. The van der Waals surface area contributed by atoms with E-state index in [-0.39, 0.29) is 18.1 Å². The fourth-order valence-electron chi connectivity index (χ4n) is 2.64. The van der Waals surface area contributed by atoms with E-state index in [9.17, 15) is 4.79 Å². The Morgan fingerprint density at radius 1 is 1.55 bits per heavy atom. The van der Waals surface area contributed by atoms with Crippen molar-refractivity contribution >= 4 is 11.6 Å². The normalized spacial score (nSPS) is 23.8. The molecule has 2 unspecified atom stereocenters. The summed E-state index contributed by atoms with van der Waals surface area (Å²) >= 11 is 0. The smallest absolute Gasteiger partial charge is 0.226 e. The molecule has 20 heavy (non-hydrogen) atoms. The minimum absolute atomic E-state index is 0.00284. The Bertz CT molecular complexity index is 463. The minimum Gasteiger partial charge on any atom is -0.376 e. The van der Waals surface area contributed by atoms with Gasteiger partial charge in [0.2, 0.25) is 5.91 Å². The summed E-state index contributed by atoms with van der Waals surface area (Å²) in [4.78, 5) is 11.9. The summed E-state index contributed by atoms with van der Waals surface area (Å²) in [5.41, 5.74) is 6.68. The minimum atomic E-state index is -0.0268. The van der Waals surface area contributed by atoms with E-state index in [4.69, 9.17) is 10.5 Å². The first-order valence-electron chi connectivity index (χ1n) is 7.40. The molecule has 6 nitrogen and oxygen atoms in total. The van der Waals surface area contributed by atoms with Gasteiger partial charge in [-0.25, -0.2) is 0 Å². The summed E-state index contributed by atoms with van der Waals surface area (Å²) in [6, 6.07) is -0.00284. The molecule has 1 saturated carbocycles. The Morgan fingerprint density at radius 2 is 2.40 bits per heavy atom. The molecular weight excluding hydrogens is 256 g/mol. The number of rotatable bonds is 6. The zero-order valence-corrected chi connectivity index (χ0v) is 11.6. The van der Waals surface area contributed by atoms with Crippen LogP contribution in [0, 0.1) is 5.92 Å². The maximum absolute atomic E-state index is 11.9. The molecular formula is C14H22N4O2. The van der Waals surface area contributed by atoms with Crippen LogP contribution in [0.3, 0.4) is 0 Å². The van der Waals surface area contributed by atoms with E-state index in [0.29, 0.717) is 12.3 Å². The van der Waals surface area contributed by atoms with Crippen LogP contribution in [0.1, 0.15) is 32.1 Å². The van der Waals surface area contributed by atoms with Crippen molar-refractivity contribution in [2.45, 2.75) is 50.8 Å². The van der Waals surface area contributed by atoms with E-state index >= 15 is 0 Å². The molecule has 3 N–H and O–H groups in total. The molecule has 1 saturated heterocycles. The first kappa shape index (κ1) is 13.6. The number of ether oxygens (including phenoxy) is 1. The lowest BCUT2D eigenvalue weighted by Gasteiger charge is -2.09. The maximum Gasteiger partial charge on any atom is 0.226 e. The van der Waals surface area contributed by atoms with Crippen LogP contribution in [0.5, 0.6) is 0 Å². The lowest BCUT2D eigenvalue weighted by Crippen LogP contribution is -2.28. The fourth-order valence-corrected chi connectivity index (χ4v) is 2.64. The van der Waals surface area contributed by atoms with Gasteiger partial charge in [0.1, 0.15) is 0 Å². The van der Waals surface area contributed by atoms with E-state index in [1.54, 1.807) is 6.20 Å². The Balaban J connectivity index is 1.47. The lowest BCUT2D eigenvalue weighted by atomic mass is 10.1. The summed E-state index contributed by atoms with van der Waals surface area (Å²) < 4.78 is 7.39. The number of anilines is 1. The van der Waals surface area contributed by atoms with Crippen LogP contribution in [0.15, 0.2) is 12.4 Å². The van der Waals surface area contributed by atoms with Gasteiger partial charge in [-0.3, -0.25) is 9.48 Å². The van der Waals surface area contributed by atoms with Gasteiger partial charge in [-0.15, -0.1) is 0 Å². The van der Waals surface area contributed by atoms with Crippen LogP contribution in [-0.2, 0) is 16.1 Å². The number of aromatic nitrogens is 2. The number of carbonyl (C=O) groups is 1. The number of nitrogens with zero attached hydrogens (tertiary/aromatic N) is 2. The van der Waals surface area contributed by atoms with E-state index in [0.717, 1.165) is 44.5 Å². The lowest BCUT2D eigenvalue weighted by molar-refractivity contribution is -0.116. The highest BCUT2D eigenvalue weighted by Gasteiger charge is 2.29. The molecule has 0 radical (unpaired) electrons. The molecule has 2 heterocycles. The van der Waals surface area contributed by atoms with Crippen LogP contribution in [0.4, 0.5) is 5.69 Å². The van der Waals surface area contributed by atoms with Crippen molar-refractivity contribution in [2.75, 3.05) is 11.9 Å². The SMILES string of the molecule is NC(CC(=O)Nc1cnn(CC2CCCO2)c1)C1CC1. The number of nitrogens with one attached hydrogen (secondary N) is 1. The number of nitrogens with two attached hydrogens (primary N) is 1. The van der Waals surface area contributed by atoms with Crippen molar-refractivity contribution < 1.29 is 9.53 Å². The summed E-state index contributed by atoms with van der Waals surface area (Å²) in [5, 5.41) is 7.11. The number of hydrogen-bond donors (Lipinski definition) is 2. The molecule has 1 aromatic rings. The highest BCUT2D eigenvalue weighted by molar-refractivity contribution is 5.90. The van der Waals surface area contributed by atoms with Gasteiger partial charge in [0.25, 0.3) is 0 Å². The van der Waals surface area contributed by atoms with Crippen molar-refractivity contribution in [3.63, 3.8) is 0 Å². The van der Waals surface area contributed by atoms with E-state index in [1.807, 2.05) is 10.9 Å². The van der Waals surface area contributed by atoms with Gasteiger partial charge in [-0.1, -0.05) is 0 Å². The van der Waals surface area contributed by atoms with Crippen LogP contribution in [0.2, 0.25) is 0 Å². The number of hydrogen-bond acceptors (Lipinski definition) is 4. The predicted molar refractivity (Wildman–Crippen MR) is 75.1 cm³/mol. The topological polar surface area (TPSA) is 82.2 Å². The van der Waals surface area contributed by atoms with Crippen LogP contribution in [-0.4, -0.2) is 34.4 Å². The molecule has 0 bridgehead atoms. The van der Waals surface area contributed by atoms with Gasteiger partial charge in [-0.2, -0.15) is 5.10 Å². The summed E-state index contributed by atoms with van der Waals surface area (Å²) in [5.74, 6) is 0.518. The summed E-state index contributed by atoms with van der Waals surface area (Å²) in [7, 11) is 0. The maximum atomic E-state index is 11.9. The average molecular weight is 278 g/mol. The largest absolute Gasteiger partial charge is 0.376 e. The van der Waals surface area contributed by atoms with Crippen molar-refractivity contribution in [1.29, 1.82) is 0 Å². The predicted octanol–water partition coefficient (Wildman–Crippen LogP) is 1.13. The zero-order chi connectivity index (χ0) is 13.9. The van der Waals surface area contributed by atoms with Crippen molar-refractivity contribution in [2.24, 2.45) is 11.7 Å². The van der Waals surface area contributed by atoms with Gasteiger partial charge in [0.05, 0.1) is 24.5 Å².